The minimum absolute atomic E-state index is 0.0187. The van der Waals surface area contributed by atoms with Crippen LogP contribution in [0.5, 0.6) is 11.5 Å². The van der Waals surface area contributed by atoms with Gasteiger partial charge in [0.25, 0.3) is 0 Å². The van der Waals surface area contributed by atoms with Gasteiger partial charge in [0.1, 0.15) is 5.75 Å². The summed E-state index contributed by atoms with van der Waals surface area (Å²) in [5.41, 5.74) is 1.58. The van der Waals surface area contributed by atoms with E-state index in [0.29, 0.717) is 16.5 Å². The minimum Gasteiger partial charge on any atom is -0.494 e. The molecule has 2 aromatic rings. The standard InChI is InChI=1S/C31H44ClNO3/c1-3-5-7-8-9-11-21-35-27-19-17-25(18-20-27)30-29(32)22-28(23-33-30)36-31(34)26-15-13-24(14-16-26)12-10-6-4-2/h17-20,22-24,26H,3-16,21H2,1-2H3. The first-order chi connectivity index (χ1) is 17.6. The summed E-state index contributed by atoms with van der Waals surface area (Å²) in [5.74, 6) is 1.87. The van der Waals surface area contributed by atoms with E-state index in [2.05, 4.69) is 18.8 Å². The number of carbonyl (C=O) groups excluding carboxylic acids is 1. The molecule has 4 nitrogen and oxygen atoms in total. The average molecular weight is 514 g/mol. The molecule has 0 saturated heterocycles. The van der Waals surface area contributed by atoms with Crippen LogP contribution in [0.25, 0.3) is 11.3 Å². The van der Waals surface area contributed by atoms with Crippen LogP contribution in [0.15, 0.2) is 36.5 Å². The zero-order valence-corrected chi connectivity index (χ0v) is 23.0. The highest BCUT2D eigenvalue weighted by molar-refractivity contribution is 6.33. The zero-order chi connectivity index (χ0) is 25.6. The van der Waals surface area contributed by atoms with Crippen molar-refractivity contribution < 1.29 is 14.3 Å². The molecule has 0 amide bonds. The lowest BCUT2D eigenvalue weighted by molar-refractivity contribution is -0.140. The molecule has 0 unspecified atom stereocenters. The highest BCUT2D eigenvalue weighted by atomic mass is 35.5. The van der Waals surface area contributed by atoms with E-state index in [9.17, 15) is 4.79 Å². The van der Waals surface area contributed by atoms with Crippen LogP contribution in [0.2, 0.25) is 5.02 Å². The second-order valence-corrected chi connectivity index (χ2v) is 10.7. The number of unbranched alkanes of at least 4 members (excludes halogenated alkanes) is 7. The van der Waals surface area contributed by atoms with E-state index in [1.54, 1.807) is 12.3 Å². The Labute approximate surface area is 223 Å². The topological polar surface area (TPSA) is 48.4 Å². The molecular formula is C31H44ClNO3. The predicted octanol–water partition coefficient (Wildman–Crippen LogP) is 9.43. The molecule has 0 spiro atoms. The molecular weight excluding hydrogens is 470 g/mol. The second kappa shape index (κ2) is 15.9. The summed E-state index contributed by atoms with van der Waals surface area (Å²) in [6.07, 6.45) is 18.3. The fourth-order valence-corrected chi connectivity index (χ4v) is 5.30. The lowest BCUT2D eigenvalue weighted by atomic mass is 9.80. The number of rotatable bonds is 15. The Morgan fingerprint density at radius 2 is 1.56 bits per heavy atom. The Kier molecular flexibility index (Phi) is 12.6. The van der Waals surface area contributed by atoms with Gasteiger partial charge in [-0.15, -0.1) is 0 Å². The van der Waals surface area contributed by atoms with Gasteiger partial charge in [-0.05, 0) is 62.3 Å². The van der Waals surface area contributed by atoms with Crippen LogP contribution in [0.1, 0.15) is 104 Å². The molecule has 1 fully saturated rings. The van der Waals surface area contributed by atoms with Crippen molar-refractivity contribution in [2.24, 2.45) is 11.8 Å². The van der Waals surface area contributed by atoms with Crippen molar-refractivity contribution in [2.45, 2.75) is 104 Å². The van der Waals surface area contributed by atoms with Crippen molar-refractivity contribution >= 4 is 17.6 Å². The van der Waals surface area contributed by atoms with Crippen LogP contribution < -0.4 is 9.47 Å². The molecule has 0 bridgehead atoms. The van der Waals surface area contributed by atoms with Crippen LogP contribution in [0, 0.1) is 11.8 Å². The van der Waals surface area contributed by atoms with Crippen molar-refractivity contribution in [1.82, 2.24) is 4.98 Å². The molecule has 5 heteroatoms. The third-order valence-electron chi connectivity index (χ3n) is 7.32. The molecule has 36 heavy (non-hydrogen) atoms. The van der Waals surface area contributed by atoms with E-state index < -0.39 is 0 Å². The Hall–Kier alpha value is -2.07. The predicted molar refractivity (Wildman–Crippen MR) is 149 cm³/mol. The maximum Gasteiger partial charge on any atom is 0.314 e. The van der Waals surface area contributed by atoms with Crippen LogP contribution in [0.3, 0.4) is 0 Å². The molecule has 1 aliphatic rings. The Balaban J connectivity index is 1.44. The van der Waals surface area contributed by atoms with Gasteiger partial charge in [0, 0.05) is 11.6 Å². The molecule has 1 saturated carbocycles. The summed E-state index contributed by atoms with van der Waals surface area (Å²) in [5, 5.41) is 0.473. The molecule has 1 aromatic carbocycles. The van der Waals surface area contributed by atoms with Gasteiger partial charge < -0.3 is 9.47 Å². The van der Waals surface area contributed by atoms with Crippen LogP contribution in [-0.2, 0) is 4.79 Å². The summed E-state index contributed by atoms with van der Waals surface area (Å²) < 4.78 is 11.5. The number of hydrogen-bond acceptors (Lipinski definition) is 4. The molecule has 1 aliphatic carbocycles. The summed E-state index contributed by atoms with van der Waals surface area (Å²) in [4.78, 5) is 17.2. The molecule has 198 valence electrons. The summed E-state index contributed by atoms with van der Waals surface area (Å²) >= 11 is 6.52. The molecule has 0 N–H and O–H groups in total. The maximum atomic E-state index is 12.7. The highest BCUT2D eigenvalue weighted by Crippen LogP contribution is 2.34. The molecule has 1 heterocycles. The molecule has 0 atom stereocenters. The Morgan fingerprint density at radius 1 is 0.889 bits per heavy atom. The van der Waals surface area contributed by atoms with E-state index in [0.717, 1.165) is 55.9 Å². The molecule has 1 aromatic heterocycles. The maximum absolute atomic E-state index is 12.7. The van der Waals surface area contributed by atoms with Gasteiger partial charge in [-0.2, -0.15) is 0 Å². The lowest BCUT2D eigenvalue weighted by Gasteiger charge is -2.27. The number of halogens is 1. The molecule has 3 rings (SSSR count). The average Bonchev–Trinajstić information content (AvgIpc) is 2.89. The normalized spacial score (nSPS) is 17.6. The zero-order valence-electron chi connectivity index (χ0n) is 22.3. The number of pyridine rings is 1. The first kappa shape index (κ1) is 28.5. The van der Waals surface area contributed by atoms with Crippen LogP contribution >= 0.6 is 11.6 Å². The monoisotopic (exact) mass is 513 g/mol. The van der Waals surface area contributed by atoms with Gasteiger partial charge in [-0.1, -0.05) is 83.2 Å². The number of hydrogen-bond donors (Lipinski definition) is 0. The van der Waals surface area contributed by atoms with Gasteiger partial charge >= 0.3 is 5.97 Å². The number of carbonyl (C=O) groups is 1. The molecule has 0 aliphatic heterocycles. The van der Waals surface area contributed by atoms with E-state index in [-0.39, 0.29) is 11.9 Å². The van der Waals surface area contributed by atoms with Gasteiger partial charge in [-0.3, -0.25) is 9.78 Å². The number of ether oxygens (including phenoxy) is 2. The van der Waals surface area contributed by atoms with E-state index in [4.69, 9.17) is 21.1 Å². The SMILES string of the molecule is CCCCCCCCOc1ccc(-c2ncc(OC(=O)C3CCC(CCCCC)CC3)cc2Cl)cc1. The third-order valence-corrected chi connectivity index (χ3v) is 7.61. The lowest BCUT2D eigenvalue weighted by Crippen LogP contribution is -2.25. The summed E-state index contributed by atoms with van der Waals surface area (Å²) in [6.45, 7) is 5.22. The Morgan fingerprint density at radius 3 is 2.25 bits per heavy atom. The number of benzene rings is 1. The Bertz CT molecular complexity index is 907. The second-order valence-electron chi connectivity index (χ2n) is 10.3. The van der Waals surface area contributed by atoms with Crippen LogP contribution in [0.4, 0.5) is 0 Å². The van der Waals surface area contributed by atoms with Crippen molar-refractivity contribution in [1.29, 1.82) is 0 Å². The molecule has 0 radical (unpaired) electrons. The third kappa shape index (κ3) is 9.42. The van der Waals surface area contributed by atoms with Crippen molar-refractivity contribution in [2.75, 3.05) is 6.61 Å². The van der Waals surface area contributed by atoms with Gasteiger partial charge in [0.2, 0.25) is 0 Å². The first-order valence-electron chi connectivity index (χ1n) is 14.2. The van der Waals surface area contributed by atoms with Crippen molar-refractivity contribution in [3.8, 4) is 22.8 Å². The largest absolute Gasteiger partial charge is 0.494 e. The summed E-state index contributed by atoms with van der Waals surface area (Å²) in [6, 6.07) is 9.54. The van der Waals surface area contributed by atoms with Crippen molar-refractivity contribution in [3.63, 3.8) is 0 Å². The van der Waals surface area contributed by atoms with Gasteiger partial charge in [0.05, 0.1) is 29.4 Å². The van der Waals surface area contributed by atoms with E-state index in [1.807, 2.05) is 24.3 Å². The minimum atomic E-state index is -0.153. The van der Waals surface area contributed by atoms with Crippen molar-refractivity contribution in [3.05, 3.63) is 41.6 Å². The number of nitrogens with zero attached hydrogens (tertiary/aromatic N) is 1. The number of esters is 1. The highest BCUT2D eigenvalue weighted by Gasteiger charge is 2.27. The van der Waals surface area contributed by atoms with Crippen LogP contribution in [-0.4, -0.2) is 17.6 Å². The van der Waals surface area contributed by atoms with E-state index >= 15 is 0 Å². The number of aromatic nitrogens is 1. The first-order valence-corrected chi connectivity index (χ1v) is 14.6. The van der Waals surface area contributed by atoms with Gasteiger partial charge in [-0.25, -0.2) is 0 Å². The quantitative estimate of drug-likeness (QED) is 0.176. The van der Waals surface area contributed by atoms with E-state index in [1.165, 1.54) is 57.8 Å². The smallest absolute Gasteiger partial charge is 0.314 e. The van der Waals surface area contributed by atoms with Gasteiger partial charge in [0.15, 0.2) is 5.75 Å². The summed E-state index contributed by atoms with van der Waals surface area (Å²) in [7, 11) is 0. The fraction of sp³-hybridized carbons (Fsp3) is 0.613. The fourth-order valence-electron chi connectivity index (χ4n) is 5.04.